The van der Waals surface area contributed by atoms with Gasteiger partial charge in [0.05, 0.1) is 19.8 Å². The molecule has 0 aromatic carbocycles. The van der Waals surface area contributed by atoms with Crippen LogP contribution in [0.1, 0.15) is 0 Å². The molecule has 3 heterocycles. The predicted molar refractivity (Wildman–Crippen MR) is 101 cm³/mol. The minimum atomic E-state index is -1.91. The number of hydrogen-bond acceptors (Lipinski definition) is 16. The van der Waals surface area contributed by atoms with Crippen LogP contribution in [0.15, 0.2) is 0 Å². The van der Waals surface area contributed by atoms with Crippen molar-refractivity contribution in [2.24, 2.45) is 0 Å². The fourth-order valence-electron chi connectivity index (χ4n) is 4.06. The van der Waals surface area contributed by atoms with Crippen molar-refractivity contribution in [3.05, 3.63) is 0 Å². The molecule has 0 aromatic heterocycles. The summed E-state index contributed by atoms with van der Waals surface area (Å²) in [7, 11) is 0. The molecule has 3 fully saturated rings. The summed E-state index contributed by atoms with van der Waals surface area (Å²) < 4.78 is 26.4. The molecular formula is C18H32O16. The van der Waals surface area contributed by atoms with Crippen LogP contribution in [-0.2, 0) is 23.7 Å². The van der Waals surface area contributed by atoms with Gasteiger partial charge in [0.15, 0.2) is 18.9 Å². The van der Waals surface area contributed by atoms with Gasteiger partial charge in [-0.05, 0) is 0 Å². The van der Waals surface area contributed by atoms with E-state index in [4.69, 9.17) is 23.7 Å². The third kappa shape index (κ3) is 5.37. The van der Waals surface area contributed by atoms with Gasteiger partial charge in [-0.25, -0.2) is 0 Å². The van der Waals surface area contributed by atoms with Gasteiger partial charge >= 0.3 is 0 Å². The number of hydrogen-bond donors (Lipinski definition) is 11. The minimum absolute atomic E-state index is 0.741. The van der Waals surface area contributed by atoms with Gasteiger partial charge in [0.2, 0.25) is 0 Å². The van der Waals surface area contributed by atoms with Crippen molar-refractivity contribution >= 4 is 0 Å². The van der Waals surface area contributed by atoms with Gasteiger partial charge in [0.25, 0.3) is 0 Å². The topological polar surface area (TPSA) is 269 Å². The molecular weight excluding hydrogens is 472 g/mol. The number of aliphatic hydroxyl groups is 11. The standard InChI is InChI=1S/C18H32O16/c19-1-4-7(22)8(23)12(27)17(31-4)34-15-6(3-21)32-18(13(28)10(15)25)33-14-5(2-20)30-16(29)11(26)9(14)24/h4-29H,1-3H2/t4-,5-,6-,7-,8+,9-,10-,11+,12-,13+,14+,15+,16-,17+,18-/m0/s1. The van der Waals surface area contributed by atoms with Gasteiger partial charge in [-0.1, -0.05) is 0 Å². The molecule has 0 aromatic rings. The lowest BCUT2D eigenvalue weighted by Gasteiger charge is -2.47. The van der Waals surface area contributed by atoms with Crippen LogP contribution >= 0.6 is 0 Å². The summed E-state index contributed by atoms with van der Waals surface area (Å²) in [4.78, 5) is 0. The van der Waals surface area contributed by atoms with Crippen LogP contribution in [0.2, 0.25) is 0 Å². The van der Waals surface area contributed by atoms with Crippen molar-refractivity contribution in [2.45, 2.75) is 92.1 Å². The van der Waals surface area contributed by atoms with E-state index in [-0.39, 0.29) is 0 Å². The first-order valence-corrected chi connectivity index (χ1v) is 10.6. The van der Waals surface area contributed by atoms with Gasteiger partial charge in [-0.15, -0.1) is 0 Å². The Kier molecular flexibility index (Phi) is 9.54. The maximum atomic E-state index is 10.6. The van der Waals surface area contributed by atoms with Gasteiger partial charge in [0, 0.05) is 0 Å². The Labute approximate surface area is 192 Å². The highest BCUT2D eigenvalue weighted by Gasteiger charge is 2.53. The molecule has 3 aliphatic rings. The van der Waals surface area contributed by atoms with E-state index in [0.717, 1.165) is 0 Å². The largest absolute Gasteiger partial charge is 0.394 e. The Morgan fingerprint density at radius 2 is 0.853 bits per heavy atom. The summed E-state index contributed by atoms with van der Waals surface area (Å²) in [6.07, 6.45) is -25.1. The van der Waals surface area contributed by atoms with Gasteiger partial charge in [-0.3, -0.25) is 0 Å². The lowest BCUT2D eigenvalue weighted by molar-refractivity contribution is -0.377. The van der Waals surface area contributed by atoms with Crippen molar-refractivity contribution < 1.29 is 79.9 Å². The third-order valence-electron chi connectivity index (χ3n) is 6.09. The van der Waals surface area contributed by atoms with Crippen molar-refractivity contribution in [1.82, 2.24) is 0 Å². The molecule has 16 nitrogen and oxygen atoms in total. The van der Waals surface area contributed by atoms with Crippen LogP contribution in [0.4, 0.5) is 0 Å². The number of ether oxygens (including phenoxy) is 5. The quantitative estimate of drug-likeness (QED) is 0.154. The van der Waals surface area contributed by atoms with Crippen LogP contribution in [-0.4, -0.2) is 168 Å². The number of aliphatic hydroxyl groups excluding tert-OH is 11. The van der Waals surface area contributed by atoms with Crippen molar-refractivity contribution in [3.63, 3.8) is 0 Å². The fourth-order valence-corrected chi connectivity index (χ4v) is 4.06. The molecule has 3 rings (SSSR count). The second kappa shape index (κ2) is 11.6. The van der Waals surface area contributed by atoms with Crippen molar-refractivity contribution in [2.75, 3.05) is 19.8 Å². The summed E-state index contributed by atoms with van der Waals surface area (Å²) in [5.41, 5.74) is 0. The van der Waals surface area contributed by atoms with Crippen LogP contribution in [0, 0.1) is 0 Å². The fraction of sp³-hybridized carbons (Fsp3) is 1.00. The van der Waals surface area contributed by atoms with Gasteiger partial charge in [0.1, 0.15) is 73.2 Å². The van der Waals surface area contributed by atoms with Crippen LogP contribution < -0.4 is 0 Å². The molecule has 0 spiro atoms. The van der Waals surface area contributed by atoms with E-state index in [1.165, 1.54) is 0 Å². The highest BCUT2D eigenvalue weighted by atomic mass is 16.8. The lowest BCUT2D eigenvalue weighted by Crippen LogP contribution is -2.66. The SMILES string of the molecule is OC[C@@H]1O[C@H](O[C@H]2[C@@H](O)[C@@H](O)[C@H](O[C@H]3[C@@H](O)[C@@H](O)[C@@H](O)O[C@H]3CO)O[C@H]2CO)[C@@H](O)[C@H](O)[C@H]1O. The lowest BCUT2D eigenvalue weighted by atomic mass is 9.96. The maximum Gasteiger partial charge on any atom is 0.187 e. The zero-order chi connectivity index (χ0) is 25.3. The smallest absolute Gasteiger partial charge is 0.187 e. The molecule has 0 unspecified atom stereocenters. The van der Waals surface area contributed by atoms with E-state index in [1.54, 1.807) is 0 Å². The van der Waals surface area contributed by atoms with Crippen LogP contribution in [0.25, 0.3) is 0 Å². The zero-order valence-electron chi connectivity index (χ0n) is 17.7. The molecule has 3 saturated heterocycles. The highest BCUT2D eigenvalue weighted by Crippen LogP contribution is 2.32. The van der Waals surface area contributed by atoms with E-state index in [2.05, 4.69) is 0 Å². The molecule has 3 aliphatic heterocycles. The predicted octanol–water partition coefficient (Wildman–Crippen LogP) is -7.57. The molecule has 16 heteroatoms. The highest BCUT2D eigenvalue weighted by molar-refractivity contribution is 4.96. The van der Waals surface area contributed by atoms with E-state index in [1.807, 2.05) is 0 Å². The Morgan fingerprint density at radius 3 is 1.35 bits per heavy atom. The summed E-state index contributed by atoms with van der Waals surface area (Å²) in [6.45, 7) is -2.32. The third-order valence-corrected chi connectivity index (χ3v) is 6.09. The molecule has 0 bridgehead atoms. The van der Waals surface area contributed by atoms with E-state index in [9.17, 15) is 56.2 Å². The zero-order valence-corrected chi connectivity index (χ0v) is 17.7. The average molecular weight is 504 g/mol. The molecule has 200 valence electrons. The van der Waals surface area contributed by atoms with E-state index in [0.29, 0.717) is 0 Å². The summed E-state index contributed by atoms with van der Waals surface area (Å²) in [5.74, 6) is 0. The van der Waals surface area contributed by atoms with E-state index < -0.39 is 112 Å². The second-order valence-electron chi connectivity index (χ2n) is 8.33. The Morgan fingerprint density at radius 1 is 0.441 bits per heavy atom. The molecule has 0 radical (unpaired) electrons. The van der Waals surface area contributed by atoms with Gasteiger partial charge < -0.3 is 79.9 Å². The Balaban J connectivity index is 1.72. The summed E-state index contributed by atoms with van der Waals surface area (Å²) >= 11 is 0. The summed E-state index contributed by atoms with van der Waals surface area (Å²) in [5, 5.41) is 109. The molecule has 0 amide bonds. The van der Waals surface area contributed by atoms with Crippen LogP contribution in [0.3, 0.4) is 0 Å². The number of rotatable bonds is 7. The molecule has 0 aliphatic carbocycles. The molecule has 0 saturated carbocycles. The molecule has 34 heavy (non-hydrogen) atoms. The van der Waals surface area contributed by atoms with Crippen molar-refractivity contribution in [1.29, 1.82) is 0 Å². The molecule has 11 N–H and O–H groups in total. The summed E-state index contributed by atoms with van der Waals surface area (Å²) in [6, 6.07) is 0. The first kappa shape index (κ1) is 27.9. The minimum Gasteiger partial charge on any atom is -0.394 e. The van der Waals surface area contributed by atoms with Gasteiger partial charge in [-0.2, -0.15) is 0 Å². The van der Waals surface area contributed by atoms with Crippen LogP contribution in [0.5, 0.6) is 0 Å². The van der Waals surface area contributed by atoms with Crippen molar-refractivity contribution in [3.8, 4) is 0 Å². The monoisotopic (exact) mass is 504 g/mol. The Hall–Kier alpha value is -0.640. The Bertz CT molecular complexity index is 635. The second-order valence-corrected chi connectivity index (χ2v) is 8.33. The molecule has 15 atom stereocenters. The maximum absolute atomic E-state index is 10.6. The first-order chi connectivity index (χ1) is 16.0. The average Bonchev–Trinajstić information content (AvgIpc) is 2.83. The van der Waals surface area contributed by atoms with E-state index >= 15 is 0 Å². The normalized spacial score (nSPS) is 52.5. The first-order valence-electron chi connectivity index (χ1n) is 10.6.